The van der Waals surface area contributed by atoms with Gasteiger partial charge in [-0.1, -0.05) is 58.4 Å². The van der Waals surface area contributed by atoms with Crippen LogP contribution in [-0.2, 0) is 0 Å². The third-order valence-corrected chi connectivity index (χ3v) is 3.09. The van der Waals surface area contributed by atoms with E-state index >= 15 is 0 Å². The zero-order chi connectivity index (χ0) is 9.97. The van der Waals surface area contributed by atoms with Crippen LogP contribution in [0.15, 0.2) is 53.0 Å². The maximum atomic E-state index is 10.1. The molecule has 1 atom stereocenters. The molecule has 14 heavy (non-hydrogen) atoms. The van der Waals surface area contributed by atoms with Crippen LogP contribution in [0.25, 0.3) is 0 Å². The highest BCUT2D eigenvalue weighted by molar-refractivity contribution is 9.10. The van der Waals surface area contributed by atoms with E-state index in [4.69, 9.17) is 0 Å². The highest BCUT2D eigenvalue weighted by atomic mass is 79.9. The molecular weight excluding hydrogens is 240 g/mol. The van der Waals surface area contributed by atoms with Crippen molar-refractivity contribution in [2.24, 2.45) is 5.92 Å². The van der Waals surface area contributed by atoms with Crippen LogP contribution in [0.1, 0.15) is 11.7 Å². The molecule has 0 aliphatic heterocycles. The predicted molar refractivity (Wildman–Crippen MR) is 60.9 cm³/mol. The normalized spacial score (nSPS) is 17.6. The first-order valence-electron chi connectivity index (χ1n) is 4.56. The van der Waals surface area contributed by atoms with Crippen LogP contribution in [0.5, 0.6) is 0 Å². The molecule has 0 spiro atoms. The molecule has 1 aliphatic carbocycles. The maximum absolute atomic E-state index is 10.1. The van der Waals surface area contributed by atoms with E-state index in [2.05, 4.69) is 15.9 Å². The first-order valence-corrected chi connectivity index (χ1v) is 5.36. The van der Waals surface area contributed by atoms with Gasteiger partial charge in [-0.25, -0.2) is 0 Å². The maximum Gasteiger partial charge on any atom is 0.0898 e. The number of allylic oxidation sites excluding steroid dienone is 2. The van der Waals surface area contributed by atoms with Gasteiger partial charge in [-0.2, -0.15) is 0 Å². The molecule has 1 aromatic carbocycles. The van der Waals surface area contributed by atoms with Crippen molar-refractivity contribution < 1.29 is 5.11 Å². The van der Waals surface area contributed by atoms with Gasteiger partial charge in [0.05, 0.1) is 6.10 Å². The molecule has 0 bridgehead atoms. The lowest BCUT2D eigenvalue weighted by molar-refractivity contribution is 0.151. The number of aliphatic hydroxyl groups is 1. The molecule has 0 saturated carbocycles. The molecule has 1 aliphatic rings. The molecule has 0 heterocycles. The molecule has 0 saturated heterocycles. The Balaban J connectivity index is 2.26. The molecule has 2 rings (SSSR count). The van der Waals surface area contributed by atoms with E-state index in [9.17, 15) is 5.11 Å². The average molecular weight is 251 g/mol. The van der Waals surface area contributed by atoms with Crippen molar-refractivity contribution in [1.29, 1.82) is 0 Å². The summed E-state index contributed by atoms with van der Waals surface area (Å²) in [6, 6.07) is 7.77. The van der Waals surface area contributed by atoms with Crippen LogP contribution in [-0.4, -0.2) is 5.11 Å². The Morgan fingerprint density at radius 2 is 1.79 bits per heavy atom. The molecule has 0 radical (unpaired) electrons. The Bertz CT molecular complexity index is 370. The third kappa shape index (κ3) is 1.81. The number of hydrogen-bond donors (Lipinski definition) is 1. The quantitative estimate of drug-likeness (QED) is 0.855. The minimum atomic E-state index is -0.458. The number of aliphatic hydroxyl groups excluding tert-OH is 1. The second-order valence-corrected chi connectivity index (χ2v) is 4.17. The van der Waals surface area contributed by atoms with Gasteiger partial charge < -0.3 is 5.11 Å². The van der Waals surface area contributed by atoms with Gasteiger partial charge in [-0.05, 0) is 11.6 Å². The monoisotopic (exact) mass is 250 g/mol. The van der Waals surface area contributed by atoms with Gasteiger partial charge in [0.15, 0.2) is 0 Å². The summed E-state index contributed by atoms with van der Waals surface area (Å²) in [5.41, 5.74) is 0.939. The zero-order valence-electron chi connectivity index (χ0n) is 7.60. The Morgan fingerprint density at radius 3 is 2.43 bits per heavy atom. The SMILES string of the molecule is OC(c1ccccc1Br)C1C=CC=C1. The lowest BCUT2D eigenvalue weighted by Gasteiger charge is -2.16. The van der Waals surface area contributed by atoms with Gasteiger partial charge in [-0.3, -0.25) is 0 Å². The molecule has 1 nitrogen and oxygen atoms in total. The number of rotatable bonds is 2. The summed E-state index contributed by atoms with van der Waals surface area (Å²) in [6.07, 6.45) is 7.48. The van der Waals surface area contributed by atoms with Crippen molar-refractivity contribution >= 4 is 15.9 Å². The van der Waals surface area contributed by atoms with Crippen LogP contribution in [0.4, 0.5) is 0 Å². The van der Waals surface area contributed by atoms with Crippen molar-refractivity contribution in [1.82, 2.24) is 0 Å². The third-order valence-electron chi connectivity index (χ3n) is 2.37. The van der Waals surface area contributed by atoms with Gasteiger partial charge in [0.25, 0.3) is 0 Å². The summed E-state index contributed by atoms with van der Waals surface area (Å²) in [5.74, 6) is 0.105. The number of halogens is 1. The standard InChI is InChI=1S/C12H11BrO/c13-11-8-4-3-7-10(11)12(14)9-5-1-2-6-9/h1-9,12,14H. The van der Waals surface area contributed by atoms with E-state index in [0.717, 1.165) is 10.0 Å². The van der Waals surface area contributed by atoms with Crippen LogP contribution in [0, 0.1) is 5.92 Å². The Kier molecular flexibility index (Phi) is 2.85. The van der Waals surface area contributed by atoms with Gasteiger partial charge >= 0.3 is 0 Å². The molecule has 1 N–H and O–H groups in total. The molecule has 2 heteroatoms. The summed E-state index contributed by atoms with van der Waals surface area (Å²) < 4.78 is 0.959. The molecule has 72 valence electrons. The summed E-state index contributed by atoms with van der Waals surface area (Å²) in [4.78, 5) is 0. The molecule has 1 unspecified atom stereocenters. The predicted octanol–water partition coefficient (Wildman–Crippen LogP) is 3.22. The fraction of sp³-hybridized carbons (Fsp3) is 0.167. The Labute approximate surface area is 91.9 Å². The van der Waals surface area contributed by atoms with Crippen LogP contribution >= 0.6 is 15.9 Å². The Morgan fingerprint density at radius 1 is 1.14 bits per heavy atom. The summed E-state index contributed by atoms with van der Waals surface area (Å²) in [7, 11) is 0. The van der Waals surface area contributed by atoms with Crippen molar-refractivity contribution in [3.63, 3.8) is 0 Å². The fourth-order valence-corrected chi connectivity index (χ4v) is 2.10. The molecule has 0 aromatic heterocycles. The van der Waals surface area contributed by atoms with Crippen LogP contribution < -0.4 is 0 Å². The zero-order valence-corrected chi connectivity index (χ0v) is 9.18. The number of hydrogen-bond acceptors (Lipinski definition) is 1. The molecular formula is C12H11BrO. The average Bonchev–Trinajstić information content (AvgIpc) is 2.70. The van der Waals surface area contributed by atoms with Crippen molar-refractivity contribution in [2.75, 3.05) is 0 Å². The van der Waals surface area contributed by atoms with Crippen molar-refractivity contribution in [2.45, 2.75) is 6.10 Å². The second kappa shape index (κ2) is 4.11. The minimum absolute atomic E-state index is 0.105. The highest BCUT2D eigenvalue weighted by Gasteiger charge is 2.19. The summed E-state index contributed by atoms with van der Waals surface area (Å²) in [6.45, 7) is 0. The second-order valence-electron chi connectivity index (χ2n) is 3.31. The van der Waals surface area contributed by atoms with Gasteiger partial charge in [-0.15, -0.1) is 0 Å². The van der Waals surface area contributed by atoms with Crippen LogP contribution in [0.3, 0.4) is 0 Å². The van der Waals surface area contributed by atoms with Crippen LogP contribution in [0.2, 0.25) is 0 Å². The molecule has 0 fully saturated rings. The van der Waals surface area contributed by atoms with Gasteiger partial charge in [0.1, 0.15) is 0 Å². The lowest BCUT2D eigenvalue weighted by atomic mass is 9.97. The summed E-state index contributed by atoms with van der Waals surface area (Å²) in [5, 5.41) is 10.1. The first kappa shape index (κ1) is 9.69. The fourth-order valence-electron chi connectivity index (χ4n) is 1.58. The topological polar surface area (TPSA) is 20.2 Å². The van der Waals surface area contributed by atoms with Gasteiger partial charge in [0.2, 0.25) is 0 Å². The molecule has 0 amide bonds. The van der Waals surface area contributed by atoms with E-state index in [1.807, 2.05) is 48.6 Å². The largest absolute Gasteiger partial charge is 0.387 e. The van der Waals surface area contributed by atoms with Gasteiger partial charge in [0, 0.05) is 10.4 Å². The van der Waals surface area contributed by atoms with Crippen molar-refractivity contribution in [3.05, 3.63) is 58.6 Å². The van der Waals surface area contributed by atoms with E-state index < -0.39 is 6.10 Å². The van der Waals surface area contributed by atoms with E-state index in [-0.39, 0.29) is 5.92 Å². The number of benzene rings is 1. The minimum Gasteiger partial charge on any atom is -0.387 e. The summed E-state index contributed by atoms with van der Waals surface area (Å²) >= 11 is 3.44. The smallest absolute Gasteiger partial charge is 0.0898 e. The molecule has 1 aromatic rings. The van der Waals surface area contributed by atoms with E-state index in [1.54, 1.807) is 0 Å². The van der Waals surface area contributed by atoms with E-state index in [0.29, 0.717) is 0 Å². The lowest BCUT2D eigenvalue weighted by Crippen LogP contribution is -2.07. The van der Waals surface area contributed by atoms with E-state index in [1.165, 1.54) is 0 Å². The highest BCUT2D eigenvalue weighted by Crippen LogP contribution is 2.31. The Hall–Kier alpha value is -0.860. The first-order chi connectivity index (χ1) is 6.79. The van der Waals surface area contributed by atoms with Crippen molar-refractivity contribution in [3.8, 4) is 0 Å².